The average molecular weight is 498 g/mol. The maximum Gasteiger partial charge on any atom is 0.222 e. The molecule has 3 heterocycles. The minimum atomic E-state index is 0.0849. The number of likely N-dealkylation sites (tertiary alicyclic amines) is 1. The molecule has 0 amide bonds. The first-order valence-corrected chi connectivity index (χ1v) is 12.8. The summed E-state index contributed by atoms with van der Waals surface area (Å²) in [7, 11) is 1.70. The number of nitrogen functional groups attached to an aromatic ring is 1. The number of nitrogens with one attached hydrogen (secondary N) is 1. The van der Waals surface area contributed by atoms with Gasteiger partial charge in [-0.25, -0.2) is 4.98 Å². The second kappa shape index (κ2) is 11.9. The van der Waals surface area contributed by atoms with Gasteiger partial charge in [0.25, 0.3) is 0 Å². The Hall–Kier alpha value is -2.95. The van der Waals surface area contributed by atoms with E-state index in [0.717, 1.165) is 49.3 Å². The number of aromatic nitrogens is 4. The van der Waals surface area contributed by atoms with Crippen LogP contribution in [0.2, 0.25) is 0 Å². The normalized spacial score (nSPS) is 15.4. The zero-order chi connectivity index (χ0) is 25.7. The van der Waals surface area contributed by atoms with Crippen LogP contribution in [0.15, 0.2) is 24.4 Å². The predicted molar refractivity (Wildman–Crippen MR) is 141 cm³/mol. The predicted octanol–water partition coefficient (Wildman–Crippen LogP) is 3.04. The van der Waals surface area contributed by atoms with E-state index >= 15 is 0 Å². The number of nitrogens with two attached hydrogens (primary N) is 1. The Morgan fingerprint density at radius 2 is 2.00 bits per heavy atom. The van der Waals surface area contributed by atoms with Crippen molar-refractivity contribution in [3.05, 3.63) is 35.5 Å². The number of hydrogen-bond donors (Lipinski definition) is 3. The van der Waals surface area contributed by atoms with E-state index in [1.807, 2.05) is 4.68 Å². The fourth-order valence-corrected chi connectivity index (χ4v) is 4.78. The number of aliphatic hydroxyl groups is 1. The molecule has 1 atom stereocenters. The Labute approximate surface area is 212 Å². The molecule has 0 spiro atoms. The molecule has 0 radical (unpaired) electrons. The van der Waals surface area contributed by atoms with Gasteiger partial charge in [0.1, 0.15) is 16.8 Å². The molecule has 36 heavy (non-hydrogen) atoms. The minimum Gasteiger partial charge on any atom is -0.496 e. The molecule has 10 heteroatoms. The summed E-state index contributed by atoms with van der Waals surface area (Å²) in [5.74, 6) is 1.65. The molecule has 1 fully saturated rings. The number of benzene rings is 1. The number of fused-ring (bicyclic) bond motifs is 1. The first kappa shape index (κ1) is 26.1. The number of anilines is 2. The van der Waals surface area contributed by atoms with Gasteiger partial charge in [-0.2, -0.15) is 10.1 Å². The van der Waals surface area contributed by atoms with E-state index < -0.39 is 0 Å². The number of methoxy groups -OCH3 is 1. The Bertz CT molecular complexity index is 1140. The lowest BCUT2D eigenvalue weighted by atomic mass is 10.1. The maximum absolute atomic E-state index is 9.48. The summed E-state index contributed by atoms with van der Waals surface area (Å²) in [6, 6.07) is 6.43. The molecule has 1 aliphatic rings. The molecule has 0 unspecified atom stereocenters. The number of hydrogen-bond acceptors (Lipinski definition) is 9. The zero-order valence-corrected chi connectivity index (χ0v) is 21.8. The molecule has 3 aromatic rings. The van der Waals surface area contributed by atoms with Crippen LogP contribution in [-0.4, -0.2) is 74.8 Å². The van der Waals surface area contributed by atoms with Crippen LogP contribution >= 0.6 is 0 Å². The highest BCUT2D eigenvalue weighted by atomic mass is 16.5. The van der Waals surface area contributed by atoms with Gasteiger partial charge in [-0.1, -0.05) is 25.5 Å². The summed E-state index contributed by atoms with van der Waals surface area (Å²) in [6.45, 7) is 9.65. The third kappa shape index (κ3) is 6.24. The van der Waals surface area contributed by atoms with Crippen LogP contribution < -0.4 is 15.8 Å². The van der Waals surface area contributed by atoms with Crippen molar-refractivity contribution in [2.24, 2.45) is 0 Å². The standard InChI is InChI=1S/C26H39N7O3/c1-5-6-20(9-10-34)29-25-24-22(30-26(27)31-25)12-28-33(24)14-19-8-7-18(11-23(19)35-4)13-32-15-21(16-32)36-17(2)3/h7-8,11-12,17,20-21,34H,5-6,9-10,13-16H2,1-4H3,(H3,27,29,30,31)/t20-/m0/s1. The van der Waals surface area contributed by atoms with Crippen molar-refractivity contribution in [2.45, 2.75) is 71.4 Å². The van der Waals surface area contributed by atoms with Crippen LogP contribution in [0.1, 0.15) is 51.2 Å². The number of aliphatic hydroxyl groups excluding tert-OH is 1. The Morgan fingerprint density at radius 3 is 2.69 bits per heavy atom. The first-order chi connectivity index (χ1) is 17.4. The Kier molecular flexibility index (Phi) is 8.60. The maximum atomic E-state index is 9.48. The quantitative estimate of drug-likeness (QED) is 0.327. The summed E-state index contributed by atoms with van der Waals surface area (Å²) in [6.07, 6.45) is 4.83. The molecule has 1 aliphatic heterocycles. The molecule has 0 bridgehead atoms. The third-order valence-corrected chi connectivity index (χ3v) is 6.43. The number of rotatable bonds is 13. The fraction of sp³-hybridized carbons (Fsp3) is 0.577. The molecular weight excluding hydrogens is 458 g/mol. The van der Waals surface area contributed by atoms with E-state index in [-0.39, 0.29) is 24.7 Å². The van der Waals surface area contributed by atoms with Gasteiger partial charge < -0.3 is 25.6 Å². The number of ether oxygens (including phenoxy) is 2. The van der Waals surface area contributed by atoms with Crippen molar-refractivity contribution in [3.63, 3.8) is 0 Å². The van der Waals surface area contributed by atoms with E-state index in [1.165, 1.54) is 5.56 Å². The lowest BCUT2D eigenvalue weighted by molar-refractivity contribution is -0.0833. The van der Waals surface area contributed by atoms with Crippen molar-refractivity contribution < 1.29 is 14.6 Å². The van der Waals surface area contributed by atoms with E-state index in [0.29, 0.717) is 30.4 Å². The topological polar surface area (TPSA) is 124 Å². The second-order valence-electron chi connectivity index (χ2n) is 9.76. The van der Waals surface area contributed by atoms with Crippen molar-refractivity contribution in [1.29, 1.82) is 0 Å². The van der Waals surface area contributed by atoms with Crippen molar-refractivity contribution in [2.75, 3.05) is 37.9 Å². The van der Waals surface area contributed by atoms with E-state index in [9.17, 15) is 5.11 Å². The van der Waals surface area contributed by atoms with Gasteiger partial charge in [0.2, 0.25) is 5.95 Å². The van der Waals surface area contributed by atoms with Crippen LogP contribution in [0.4, 0.5) is 11.8 Å². The van der Waals surface area contributed by atoms with Crippen LogP contribution in [0.3, 0.4) is 0 Å². The highest BCUT2D eigenvalue weighted by molar-refractivity contribution is 5.86. The number of nitrogens with zero attached hydrogens (tertiary/aromatic N) is 5. The Morgan fingerprint density at radius 1 is 1.19 bits per heavy atom. The second-order valence-corrected chi connectivity index (χ2v) is 9.76. The van der Waals surface area contributed by atoms with Crippen molar-refractivity contribution in [3.8, 4) is 5.75 Å². The largest absolute Gasteiger partial charge is 0.496 e. The average Bonchev–Trinajstić information content (AvgIpc) is 3.21. The van der Waals surface area contributed by atoms with Gasteiger partial charge in [0, 0.05) is 37.8 Å². The molecule has 0 aliphatic carbocycles. The lowest BCUT2D eigenvalue weighted by Crippen LogP contribution is -2.52. The van der Waals surface area contributed by atoms with Gasteiger partial charge in [0.15, 0.2) is 5.82 Å². The minimum absolute atomic E-state index is 0.0849. The smallest absolute Gasteiger partial charge is 0.222 e. The van der Waals surface area contributed by atoms with Crippen LogP contribution in [0.25, 0.3) is 11.0 Å². The summed E-state index contributed by atoms with van der Waals surface area (Å²) in [5.41, 5.74) is 9.66. The summed E-state index contributed by atoms with van der Waals surface area (Å²) in [4.78, 5) is 11.2. The fourth-order valence-electron chi connectivity index (χ4n) is 4.78. The van der Waals surface area contributed by atoms with E-state index in [4.69, 9.17) is 15.2 Å². The highest BCUT2D eigenvalue weighted by Gasteiger charge is 2.28. The molecular formula is C26H39N7O3. The molecule has 0 saturated carbocycles. The van der Waals surface area contributed by atoms with Gasteiger partial charge in [0.05, 0.1) is 32.1 Å². The molecule has 2 aromatic heterocycles. The summed E-state index contributed by atoms with van der Waals surface area (Å²) >= 11 is 0. The van der Waals surface area contributed by atoms with Crippen LogP contribution in [-0.2, 0) is 17.8 Å². The SMILES string of the molecule is CCC[C@@H](CCO)Nc1nc(N)nc2cnn(Cc3ccc(CN4CC(OC(C)C)C4)cc3OC)c12. The molecule has 196 valence electrons. The Balaban J connectivity index is 1.52. The third-order valence-electron chi connectivity index (χ3n) is 6.43. The van der Waals surface area contributed by atoms with E-state index in [1.54, 1.807) is 13.3 Å². The van der Waals surface area contributed by atoms with E-state index in [2.05, 4.69) is 64.3 Å². The van der Waals surface area contributed by atoms with Gasteiger partial charge in [-0.05, 0) is 38.3 Å². The first-order valence-electron chi connectivity index (χ1n) is 12.8. The highest BCUT2D eigenvalue weighted by Crippen LogP contribution is 2.28. The van der Waals surface area contributed by atoms with Crippen molar-refractivity contribution in [1.82, 2.24) is 24.6 Å². The van der Waals surface area contributed by atoms with Crippen molar-refractivity contribution >= 4 is 22.8 Å². The lowest BCUT2D eigenvalue weighted by Gasteiger charge is -2.39. The molecule has 4 rings (SSSR count). The summed E-state index contributed by atoms with van der Waals surface area (Å²) < 4.78 is 13.5. The van der Waals surface area contributed by atoms with Crippen LogP contribution in [0.5, 0.6) is 5.75 Å². The summed E-state index contributed by atoms with van der Waals surface area (Å²) in [5, 5.41) is 17.5. The molecule has 4 N–H and O–H groups in total. The molecule has 10 nitrogen and oxygen atoms in total. The monoisotopic (exact) mass is 497 g/mol. The van der Waals surface area contributed by atoms with Crippen LogP contribution in [0, 0.1) is 0 Å². The van der Waals surface area contributed by atoms with Gasteiger partial charge >= 0.3 is 0 Å². The molecule has 1 saturated heterocycles. The zero-order valence-electron chi connectivity index (χ0n) is 21.8. The molecule has 1 aromatic carbocycles. The van der Waals surface area contributed by atoms with Gasteiger partial charge in [-0.15, -0.1) is 0 Å². The van der Waals surface area contributed by atoms with Gasteiger partial charge in [-0.3, -0.25) is 9.58 Å².